The minimum Gasteiger partial charge on any atom is -0.480 e. The lowest BCUT2D eigenvalue weighted by atomic mass is 9.99. The third-order valence-electron chi connectivity index (χ3n) is 4.41. The van der Waals surface area contributed by atoms with Crippen molar-refractivity contribution >= 4 is 23.7 Å². The van der Waals surface area contributed by atoms with E-state index in [9.17, 15) is 29.4 Å². The number of carbonyl (C=O) groups excluding carboxylic acids is 3. The summed E-state index contributed by atoms with van der Waals surface area (Å²) in [5.74, 6) is -3.25. The van der Waals surface area contributed by atoms with Crippen LogP contribution in [0, 0.1) is 5.92 Å². The lowest BCUT2D eigenvalue weighted by Crippen LogP contribution is -2.56. The van der Waals surface area contributed by atoms with Crippen molar-refractivity contribution in [3.05, 3.63) is 0 Å². The van der Waals surface area contributed by atoms with Gasteiger partial charge in [-0.15, -0.1) is 0 Å². The lowest BCUT2D eigenvalue weighted by Gasteiger charge is -2.23. The number of carbonyl (C=O) groups is 4. The Morgan fingerprint density at radius 3 is 2.42 bits per heavy atom. The largest absolute Gasteiger partial charge is 0.480 e. The summed E-state index contributed by atoms with van der Waals surface area (Å²) in [5, 5.41) is 28.6. The van der Waals surface area contributed by atoms with Gasteiger partial charge in [-0.2, -0.15) is 0 Å². The Balaban J connectivity index is 2.50. The van der Waals surface area contributed by atoms with Gasteiger partial charge in [0.25, 0.3) is 0 Å². The molecule has 1 aliphatic rings. The van der Waals surface area contributed by atoms with E-state index in [1.165, 1.54) is 0 Å². The molecule has 0 saturated carbocycles. The first-order valence-corrected chi connectivity index (χ1v) is 8.74. The third-order valence-corrected chi connectivity index (χ3v) is 4.41. The van der Waals surface area contributed by atoms with Crippen molar-refractivity contribution in [3.63, 3.8) is 0 Å². The van der Waals surface area contributed by atoms with E-state index in [1.807, 2.05) is 0 Å². The van der Waals surface area contributed by atoms with Gasteiger partial charge in [-0.3, -0.25) is 14.4 Å². The molecule has 0 aliphatic carbocycles. The van der Waals surface area contributed by atoms with Crippen molar-refractivity contribution in [2.75, 3.05) is 19.7 Å². The fourth-order valence-electron chi connectivity index (χ4n) is 2.58. The molecule has 148 valence electrons. The molecular formula is C16H28N4O6. The molecule has 0 aromatic carbocycles. The Morgan fingerprint density at radius 1 is 1.23 bits per heavy atom. The average Bonchev–Trinajstić information content (AvgIpc) is 3.15. The molecule has 1 rings (SSSR count). The maximum Gasteiger partial charge on any atom is 0.326 e. The predicted molar refractivity (Wildman–Crippen MR) is 92.1 cm³/mol. The van der Waals surface area contributed by atoms with Gasteiger partial charge < -0.3 is 31.5 Å². The molecule has 1 fully saturated rings. The molecule has 3 amide bonds. The van der Waals surface area contributed by atoms with Crippen molar-refractivity contribution in [2.45, 2.75) is 51.2 Å². The molecule has 4 atom stereocenters. The average molecular weight is 372 g/mol. The summed E-state index contributed by atoms with van der Waals surface area (Å²) in [6.45, 7) is 3.19. The normalized spacial score (nSPS) is 19.9. The molecule has 4 unspecified atom stereocenters. The molecule has 0 aromatic heterocycles. The first-order valence-electron chi connectivity index (χ1n) is 8.74. The summed E-state index contributed by atoms with van der Waals surface area (Å²) in [5.41, 5.74) is 0. The maximum absolute atomic E-state index is 12.1. The second kappa shape index (κ2) is 10.7. The summed E-state index contributed by atoms with van der Waals surface area (Å²) >= 11 is 0. The summed E-state index contributed by atoms with van der Waals surface area (Å²) in [7, 11) is 0. The molecule has 1 aliphatic heterocycles. The number of amides is 3. The molecule has 1 heterocycles. The van der Waals surface area contributed by atoms with Gasteiger partial charge in [0.1, 0.15) is 12.1 Å². The minimum absolute atomic E-state index is 0.301. The van der Waals surface area contributed by atoms with Crippen LogP contribution in [0.2, 0.25) is 0 Å². The molecule has 0 bridgehead atoms. The molecule has 0 aromatic rings. The van der Waals surface area contributed by atoms with Gasteiger partial charge in [-0.05, 0) is 25.3 Å². The van der Waals surface area contributed by atoms with Crippen LogP contribution in [0.3, 0.4) is 0 Å². The van der Waals surface area contributed by atoms with Crippen molar-refractivity contribution in [2.24, 2.45) is 5.92 Å². The monoisotopic (exact) mass is 372 g/mol. The molecular weight excluding hydrogens is 344 g/mol. The van der Waals surface area contributed by atoms with Crippen LogP contribution in [0.4, 0.5) is 0 Å². The Kier molecular flexibility index (Phi) is 9.00. The van der Waals surface area contributed by atoms with Crippen LogP contribution in [-0.4, -0.2) is 71.7 Å². The zero-order valence-corrected chi connectivity index (χ0v) is 15.1. The Labute approximate surface area is 152 Å². The molecule has 6 N–H and O–H groups in total. The molecule has 1 saturated heterocycles. The highest BCUT2D eigenvalue weighted by Gasteiger charge is 2.29. The number of aliphatic hydroxyl groups excluding tert-OH is 1. The fraction of sp³-hybridized carbons (Fsp3) is 0.750. The Hall–Kier alpha value is -2.20. The number of carboxylic acids is 1. The van der Waals surface area contributed by atoms with Crippen LogP contribution < -0.4 is 21.3 Å². The summed E-state index contributed by atoms with van der Waals surface area (Å²) in [6, 6.07) is -2.74. The summed E-state index contributed by atoms with van der Waals surface area (Å²) in [4.78, 5) is 47.1. The van der Waals surface area contributed by atoms with E-state index in [-0.39, 0.29) is 24.4 Å². The van der Waals surface area contributed by atoms with E-state index in [1.54, 1.807) is 13.8 Å². The number of aliphatic carboxylic acids is 1. The second-order valence-electron chi connectivity index (χ2n) is 6.38. The number of nitrogens with one attached hydrogen (secondary N) is 4. The van der Waals surface area contributed by atoms with Gasteiger partial charge in [0.05, 0.1) is 19.2 Å². The first-order chi connectivity index (χ1) is 12.3. The SMILES string of the molecule is CCC(C)C(NC(=O)C(CO)NC(=O)CNC(=O)C1CCCN1)C(=O)O. The van der Waals surface area contributed by atoms with Gasteiger partial charge in [-0.1, -0.05) is 20.3 Å². The van der Waals surface area contributed by atoms with Crippen molar-refractivity contribution in [1.29, 1.82) is 0 Å². The molecule has 0 radical (unpaired) electrons. The van der Waals surface area contributed by atoms with E-state index < -0.39 is 36.5 Å². The Bertz CT molecular complexity index is 521. The summed E-state index contributed by atoms with van der Waals surface area (Å²) < 4.78 is 0. The summed E-state index contributed by atoms with van der Waals surface area (Å²) in [6.07, 6.45) is 2.12. The van der Waals surface area contributed by atoms with E-state index in [0.717, 1.165) is 13.0 Å². The van der Waals surface area contributed by atoms with Crippen molar-refractivity contribution in [1.82, 2.24) is 21.3 Å². The molecule has 10 nitrogen and oxygen atoms in total. The van der Waals surface area contributed by atoms with Crippen molar-refractivity contribution < 1.29 is 29.4 Å². The smallest absolute Gasteiger partial charge is 0.326 e. The van der Waals surface area contributed by atoms with Crippen LogP contribution in [-0.2, 0) is 19.2 Å². The van der Waals surface area contributed by atoms with Crippen LogP contribution >= 0.6 is 0 Å². The van der Waals surface area contributed by atoms with Crippen LogP contribution in [0.25, 0.3) is 0 Å². The number of hydrogen-bond acceptors (Lipinski definition) is 6. The van der Waals surface area contributed by atoms with E-state index in [2.05, 4.69) is 21.3 Å². The number of aliphatic hydroxyl groups is 1. The van der Waals surface area contributed by atoms with Gasteiger partial charge in [0.15, 0.2) is 0 Å². The van der Waals surface area contributed by atoms with Crippen LogP contribution in [0.15, 0.2) is 0 Å². The van der Waals surface area contributed by atoms with E-state index in [4.69, 9.17) is 0 Å². The fourth-order valence-corrected chi connectivity index (χ4v) is 2.58. The highest BCUT2D eigenvalue weighted by Crippen LogP contribution is 2.08. The minimum atomic E-state index is -1.30. The predicted octanol–water partition coefficient (Wildman–Crippen LogP) is -2.05. The molecule has 10 heteroatoms. The quantitative estimate of drug-likeness (QED) is 0.258. The van der Waals surface area contributed by atoms with Gasteiger partial charge in [-0.25, -0.2) is 4.79 Å². The van der Waals surface area contributed by atoms with Crippen LogP contribution in [0.5, 0.6) is 0 Å². The topological polar surface area (TPSA) is 157 Å². The zero-order chi connectivity index (χ0) is 19.7. The highest BCUT2D eigenvalue weighted by molar-refractivity contribution is 5.92. The maximum atomic E-state index is 12.1. The standard InChI is InChI=1S/C16H28N4O6/c1-3-9(2)13(16(25)26)20-15(24)11(8-21)19-12(22)7-18-14(23)10-5-4-6-17-10/h9-11,13,17,21H,3-8H2,1-2H3,(H,18,23)(H,19,22)(H,20,24)(H,25,26). The van der Waals surface area contributed by atoms with E-state index in [0.29, 0.717) is 12.8 Å². The number of carboxylic acid groups (broad SMARTS) is 1. The second-order valence-corrected chi connectivity index (χ2v) is 6.38. The van der Waals surface area contributed by atoms with Gasteiger partial charge in [0, 0.05) is 0 Å². The van der Waals surface area contributed by atoms with E-state index >= 15 is 0 Å². The van der Waals surface area contributed by atoms with Crippen molar-refractivity contribution in [3.8, 4) is 0 Å². The van der Waals surface area contributed by atoms with Gasteiger partial charge in [0.2, 0.25) is 17.7 Å². The number of rotatable bonds is 10. The third kappa shape index (κ3) is 6.60. The molecule has 26 heavy (non-hydrogen) atoms. The van der Waals surface area contributed by atoms with Gasteiger partial charge >= 0.3 is 5.97 Å². The zero-order valence-electron chi connectivity index (χ0n) is 15.1. The first kappa shape index (κ1) is 21.8. The lowest BCUT2D eigenvalue weighted by molar-refractivity contribution is -0.144. The molecule has 0 spiro atoms. The highest BCUT2D eigenvalue weighted by atomic mass is 16.4. The number of hydrogen-bond donors (Lipinski definition) is 6. The van der Waals surface area contributed by atoms with Crippen LogP contribution in [0.1, 0.15) is 33.1 Å². The Morgan fingerprint density at radius 2 is 1.92 bits per heavy atom.